The molecule has 0 unspecified atom stereocenters. The number of Topliss-reactive ketones (excluding diaryl/α,β-unsaturated/α-hetero) is 1. The van der Waals surface area contributed by atoms with Gasteiger partial charge in [0.2, 0.25) is 0 Å². The van der Waals surface area contributed by atoms with Gasteiger partial charge in [0.25, 0.3) is 11.6 Å². The van der Waals surface area contributed by atoms with Crippen LogP contribution in [-0.4, -0.2) is 45.1 Å². The summed E-state index contributed by atoms with van der Waals surface area (Å²) in [5, 5.41) is 3.47. The Balaban J connectivity index is 1.63. The SMILES string of the molecule is COc1ccc(C(=O)COC(=O)CCc2c(C)nc3nc(C(F)(F)F)nn3c2C)cc1. The van der Waals surface area contributed by atoms with Crippen molar-refractivity contribution in [2.75, 3.05) is 13.7 Å². The van der Waals surface area contributed by atoms with Gasteiger partial charge in [-0.05, 0) is 50.1 Å². The lowest BCUT2D eigenvalue weighted by atomic mass is 10.1. The molecule has 31 heavy (non-hydrogen) atoms. The van der Waals surface area contributed by atoms with Crippen LogP contribution in [-0.2, 0) is 22.1 Å². The van der Waals surface area contributed by atoms with Gasteiger partial charge in [-0.25, -0.2) is 9.50 Å². The average molecular weight is 436 g/mol. The molecule has 164 valence electrons. The predicted molar refractivity (Wildman–Crippen MR) is 102 cm³/mol. The average Bonchev–Trinajstić information content (AvgIpc) is 3.16. The third-order valence-corrected chi connectivity index (χ3v) is 4.66. The minimum absolute atomic E-state index is 0.0778. The Labute approximate surface area is 175 Å². The lowest BCUT2D eigenvalue weighted by molar-refractivity contribution is -0.145. The maximum Gasteiger partial charge on any atom is 0.453 e. The van der Waals surface area contributed by atoms with Crippen molar-refractivity contribution in [1.82, 2.24) is 19.6 Å². The van der Waals surface area contributed by atoms with Crippen LogP contribution in [0.5, 0.6) is 5.75 Å². The molecule has 2 heterocycles. The summed E-state index contributed by atoms with van der Waals surface area (Å²) in [5.41, 5.74) is 1.77. The van der Waals surface area contributed by atoms with Gasteiger partial charge in [-0.3, -0.25) is 9.59 Å². The molecular formula is C20H19F3N4O4. The van der Waals surface area contributed by atoms with Crippen molar-refractivity contribution in [3.8, 4) is 5.75 Å². The molecule has 0 saturated carbocycles. The van der Waals surface area contributed by atoms with E-state index in [2.05, 4.69) is 15.1 Å². The summed E-state index contributed by atoms with van der Waals surface area (Å²) < 4.78 is 49.6. The highest BCUT2D eigenvalue weighted by Crippen LogP contribution is 2.27. The molecule has 1 aromatic carbocycles. The van der Waals surface area contributed by atoms with E-state index in [1.54, 1.807) is 38.1 Å². The van der Waals surface area contributed by atoms with Gasteiger partial charge in [0.05, 0.1) is 7.11 Å². The van der Waals surface area contributed by atoms with E-state index < -0.39 is 24.6 Å². The first-order valence-corrected chi connectivity index (χ1v) is 9.23. The lowest BCUT2D eigenvalue weighted by Gasteiger charge is -2.10. The summed E-state index contributed by atoms with van der Waals surface area (Å²) in [6.07, 6.45) is -4.60. The maximum atomic E-state index is 12.9. The van der Waals surface area contributed by atoms with Gasteiger partial charge in [-0.1, -0.05) is 0 Å². The van der Waals surface area contributed by atoms with E-state index in [0.29, 0.717) is 28.3 Å². The number of fused-ring (bicyclic) bond motifs is 1. The number of alkyl halides is 3. The van der Waals surface area contributed by atoms with Crippen LogP contribution in [0.1, 0.15) is 39.6 Å². The Bertz CT molecular complexity index is 1120. The number of carbonyl (C=O) groups excluding carboxylic acids is 2. The smallest absolute Gasteiger partial charge is 0.453 e. The predicted octanol–water partition coefficient (Wildman–Crippen LogP) is 3.13. The van der Waals surface area contributed by atoms with Crippen LogP contribution in [0.4, 0.5) is 13.2 Å². The second kappa shape index (κ2) is 8.70. The Morgan fingerprint density at radius 1 is 1.10 bits per heavy atom. The number of hydrogen-bond acceptors (Lipinski definition) is 7. The number of rotatable bonds is 7. The maximum absolute atomic E-state index is 12.9. The van der Waals surface area contributed by atoms with Gasteiger partial charge in [-0.2, -0.15) is 18.2 Å². The fourth-order valence-corrected chi connectivity index (χ4v) is 3.00. The molecule has 0 bridgehead atoms. The molecular weight excluding hydrogens is 417 g/mol. The third kappa shape index (κ3) is 4.98. The standard InChI is InChI=1S/C20H19F3N4O4/c1-11-15(12(2)27-19(24-11)25-18(26-27)20(21,22)23)8-9-17(29)31-10-16(28)13-4-6-14(30-3)7-5-13/h4-7H,8-10H2,1-3H3. The monoisotopic (exact) mass is 436 g/mol. The zero-order valence-corrected chi connectivity index (χ0v) is 17.0. The van der Waals surface area contributed by atoms with E-state index in [9.17, 15) is 22.8 Å². The summed E-state index contributed by atoms with van der Waals surface area (Å²) in [7, 11) is 1.51. The first-order chi connectivity index (χ1) is 14.6. The highest BCUT2D eigenvalue weighted by Gasteiger charge is 2.37. The van der Waals surface area contributed by atoms with Crippen molar-refractivity contribution in [1.29, 1.82) is 0 Å². The fourth-order valence-electron chi connectivity index (χ4n) is 3.00. The number of methoxy groups -OCH3 is 1. The van der Waals surface area contributed by atoms with Gasteiger partial charge in [0.1, 0.15) is 5.75 Å². The molecule has 2 aromatic heterocycles. The molecule has 0 fully saturated rings. The number of aryl methyl sites for hydroxylation is 2. The van der Waals surface area contributed by atoms with Crippen molar-refractivity contribution in [3.05, 3.63) is 52.6 Å². The minimum Gasteiger partial charge on any atom is -0.497 e. The summed E-state index contributed by atoms with van der Waals surface area (Å²) in [5.74, 6) is -1.83. The van der Waals surface area contributed by atoms with Crippen LogP contribution >= 0.6 is 0 Å². The second-order valence-corrected chi connectivity index (χ2v) is 6.72. The van der Waals surface area contributed by atoms with Crippen molar-refractivity contribution >= 4 is 17.5 Å². The topological polar surface area (TPSA) is 95.7 Å². The molecule has 0 radical (unpaired) electrons. The Hall–Kier alpha value is -3.50. The molecule has 0 aliphatic heterocycles. The van der Waals surface area contributed by atoms with Crippen LogP contribution in [0.15, 0.2) is 24.3 Å². The molecule has 3 aromatic rings. The molecule has 0 atom stereocenters. The first kappa shape index (κ1) is 22.2. The van der Waals surface area contributed by atoms with Crippen LogP contribution in [0, 0.1) is 13.8 Å². The Morgan fingerprint density at radius 2 is 1.77 bits per heavy atom. The molecule has 0 N–H and O–H groups in total. The molecule has 0 spiro atoms. The molecule has 8 nitrogen and oxygen atoms in total. The highest BCUT2D eigenvalue weighted by atomic mass is 19.4. The zero-order chi connectivity index (χ0) is 22.8. The summed E-state index contributed by atoms with van der Waals surface area (Å²) in [6.45, 7) is 2.77. The number of hydrogen-bond donors (Lipinski definition) is 0. The summed E-state index contributed by atoms with van der Waals surface area (Å²) in [6, 6.07) is 6.38. The third-order valence-electron chi connectivity index (χ3n) is 4.66. The van der Waals surface area contributed by atoms with Gasteiger partial charge < -0.3 is 9.47 Å². The van der Waals surface area contributed by atoms with Crippen molar-refractivity contribution in [2.45, 2.75) is 32.9 Å². The van der Waals surface area contributed by atoms with Gasteiger partial charge >= 0.3 is 12.1 Å². The molecule has 0 saturated heterocycles. The first-order valence-electron chi connectivity index (χ1n) is 9.23. The quantitative estimate of drug-likeness (QED) is 0.415. The largest absolute Gasteiger partial charge is 0.497 e. The van der Waals surface area contributed by atoms with Gasteiger partial charge in [0, 0.05) is 23.4 Å². The number of ether oxygens (including phenoxy) is 2. The number of halogens is 3. The minimum atomic E-state index is -4.69. The number of benzene rings is 1. The second-order valence-electron chi connectivity index (χ2n) is 6.72. The van der Waals surface area contributed by atoms with Crippen molar-refractivity contribution in [2.24, 2.45) is 0 Å². The van der Waals surface area contributed by atoms with E-state index in [0.717, 1.165) is 4.52 Å². The van der Waals surface area contributed by atoms with Crippen LogP contribution in [0.3, 0.4) is 0 Å². The number of carbonyl (C=O) groups is 2. The van der Waals surface area contributed by atoms with E-state index in [1.807, 2.05) is 0 Å². The zero-order valence-electron chi connectivity index (χ0n) is 17.0. The van der Waals surface area contributed by atoms with E-state index in [-0.39, 0.29) is 24.4 Å². The Morgan fingerprint density at radius 3 is 2.39 bits per heavy atom. The number of nitrogens with zero attached hydrogens (tertiary/aromatic N) is 4. The summed E-state index contributed by atoms with van der Waals surface area (Å²) in [4.78, 5) is 31.7. The number of esters is 1. The molecule has 0 aliphatic carbocycles. The van der Waals surface area contributed by atoms with Crippen molar-refractivity contribution in [3.63, 3.8) is 0 Å². The number of aromatic nitrogens is 4. The molecule has 3 rings (SSSR count). The van der Waals surface area contributed by atoms with Crippen LogP contribution in [0.25, 0.3) is 5.78 Å². The summed E-state index contributed by atoms with van der Waals surface area (Å²) >= 11 is 0. The highest BCUT2D eigenvalue weighted by molar-refractivity contribution is 5.98. The van der Waals surface area contributed by atoms with Gasteiger partial charge in [0.15, 0.2) is 12.4 Å². The van der Waals surface area contributed by atoms with Crippen LogP contribution in [0.2, 0.25) is 0 Å². The van der Waals surface area contributed by atoms with E-state index in [1.165, 1.54) is 7.11 Å². The molecule has 0 aliphatic rings. The van der Waals surface area contributed by atoms with Gasteiger partial charge in [-0.15, -0.1) is 5.10 Å². The molecule has 11 heteroatoms. The normalized spacial score (nSPS) is 11.5. The molecule has 0 amide bonds. The van der Waals surface area contributed by atoms with Crippen LogP contribution < -0.4 is 4.74 Å². The van der Waals surface area contributed by atoms with E-state index >= 15 is 0 Å². The Kier molecular flexibility index (Phi) is 6.23. The van der Waals surface area contributed by atoms with E-state index in [4.69, 9.17) is 9.47 Å². The lowest BCUT2D eigenvalue weighted by Crippen LogP contribution is -2.15. The van der Waals surface area contributed by atoms with Crippen molar-refractivity contribution < 1.29 is 32.2 Å². The number of ketones is 1. The fraction of sp³-hybridized carbons (Fsp3) is 0.350.